The zero-order valence-electron chi connectivity index (χ0n) is 12.0. The highest BCUT2D eigenvalue weighted by atomic mass is 16.3. The highest BCUT2D eigenvalue weighted by Crippen LogP contribution is 2.40. The number of nitrogens with one attached hydrogen (secondary N) is 1. The van der Waals surface area contributed by atoms with E-state index in [1.165, 1.54) is 58.0 Å². The lowest BCUT2D eigenvalue weighted by atomic mass is 9.92. The molecule has 0 aromatic carbocycles. The lowest BCUT2D eigenvalue weighted by Gasteiger charge is -2.39. The second-order valence-electron chi connectivity index (χ2n) is 6.16. The Hall–Kier alpha value is -0.120. The van der Waals surface area contributed by atoms with E-state index in [1.807, 2.05) is 0 Å². The topological polar surface area (TPSA) is 35.5 Å². The number of hydrogen-bond donors (Lipinski definition) is 2. The van der Waals surface area contributed by atoms with Gasteiger partial charge in [-0.05, 0) is 51.2 Å². The molecular weight excluding hydrogens is 224 g/mol. The van der Waals surface area contributed by atoms with E-state index in [0.717, 1.165) is 13.1 Å². The third-order valence-electron chi connectivity index (χ3n) is 4.62. The standard InChI is InChI=1S/C15H30N2O/c1-2-16-15(13-18,14-8-9-14)12-17-10-6-4-3-5-7-11-17/h14,16,18H,2-13H2,1H3. The minimum absolute atomic E-state index is 0.0199. The Morgan fingerprint density at radius 1 is 1.11 bits per heavy atom. The van der Waals surface area contributed by atoms with Gasteiger partial charge in [0.25, 0.3) is 0 Å². The fourth-order valence-electron chi connectivity index (χ4n) is 3.42. The quantitative estimate of drug-likeness (QED) is 0.761. The summed E-state index contributed by atoms with van der Waals surface area (Å²) >= 11 is 0. The van der Waals surface area contributed by atoms with Gasteiger partial charge >= 0.3 is 0 Å². The van der Waals surface area contributed by atoms with Gasteiger partial charge in [0.1, 0.15) is 0 Å². The Morgan fingerprint density at radius 3 is 2.22 bits per heavy atom. The summed E-state index contributed by atoms with van der Waals surface area (Å²) in [4.78, 5) is 2.59. The lowest BCUT2D eigenvalue weighted by Crippen LogP contribution is -2.58. The molecule has 1 atom stereocenters. The van der Waals surface area contributed by atoms with Crippen LogP contribution in [-0.4, -0.2) is 48.3 Å². The van der Waals surface area contributed by atoms with Crippen LogP contribution in [0, 0.1) is 5.92 Å². The molecule has 2 N–H and O–H groups in total. The van der Waals surface area contributed by atoms with Crippen molar-refractivity contribution in [1.29, 1.82) is 0 Å². The van der Waals surface area contributed by atoms with Crippen molar-refractivity contribution in [2.75, 3.05) is 32.8 Å². The van der Waals surface area contributed by atoms with Crippen LogP contribution in [0.4, 0.5) is 0 Å². The van der Waals surface area contributed by atoms with Crippen LogP contribution < -0.4 is 5.32 Å². The van der Waals surface area contributed by atoms with E-state index in [0.29, 0.717) is 12.5 Å². The summed E-state index contributed by atoms with van der Waals surface area (Å²) in [5.74, 6) is 0.702. The average molecular weight is 254 g/mol. The molecule has 0 radical (unpaired) electrons. The maximum atomic E-state index is 9.89. The Kier molecular flexibility index (Phi) is 5.46. The molecule has 1 saturated heterocycles. The number of aliphatic hydroxyl groups is 1. The fourth-order valence-corrected chi connectivity index (χ4v) is 3.42. The Bertz CT molecular complexity index is 235. The molecule has 1 saturated carbocycles. The number of rotatable bonds is 6. The predicted octanol–water partition coefficient (Wildman–Crippen LogP) is 2.00. The summed E-state index contributed by atoms with van der Waals surface area (Å²) in [6.07, 6.45) is 9.43. The number of likely N-dealkylation sites (tertiary alicyclic amines) is 1. The molecule has 3 heteroatoms. The van der Waals surface area contributed by atoms with Crippen LogP contribution >= 0.6 is 0 Å². The molecule has 0 amide bonds. The van der Waals surface area contributed by atoms with Crippen LogP contribution in [0.1, 0.15) is 51.9 Å². The van der Waals surface area contributed by atoms with Gasteiger partial charge in [0, 0.05) is 6.54 Å². The summed E-state index contributed by atoms with van der Waals surface area (Å²) in [6, 6.07) is 0. The maximum Gasteiger partial charge on any atom is 0.0628 e. The van der Waals surface area contributed by atoms with E-state index >= 15 is 0 Å². The minimum atomic E-state index is -0.0199. The molecule has 1 aliphatic heterocycles. The van der Waals surface area contributed by atoms with Gasteiger partial charge in [0.15, 0.2) is 0 Å². The van der Waals surface area contributed by atoms with E-state index in [4.69, 9.17) is 0 Å². The predicted molar refractivity (Wildman–Crippen MR) is 75.7 cm³/mol. The maximum absolute atomic E-state index is 9.89. The monoisotopic (exact) mass is 254 g/mol. The van der Waals surface area contributed by atoms with Gasteiger partial charge < -0.3 is 15.3 Å². The second kappa shape index (κ2) is 6.88. The van der Waals surface area contributed by atoms with Crippen molar-refractivity contribution in [2.24, 2.45) is 5.92 Å². The molecule has 18 heavy (non-hydrogen) atoms. The average Bonchev–Trinajstić information content (AvgIpc) is 3.16. The number of likely N-dealkylation sites (N-methyl/N-ethyl adjacent to an activating group) is 1. The van der Waals surface area contributed by atoms with E-state index in [2.05, 4.69) is 17.1 Å². The summed E-state index contributed by atoms with van der Waals surface area (Å²) in [6.45, 7) is 6.90. The minimum Gasteiger partial charge on any atom is -0.394 e. The summed E-state index contributed by atoms with van der Waals surface area (Å²) in [5.41, 5.74) is -0.0199. The van der Waals surface area contributed by atoms with Gasteiger partial charge in [-0.15, -0.1) is 0 Å². The van der Waals surface area contributed by atoms with Crippen LogP contribution in [0.5, 0.6) is 0 Å². The van der Waals surface area contributed by atoms with E-state index < -0.39 is 0 Å². The molecule has 1 unspecified atom stereocenters. The van der Waals surface area contributed by atoms with Crippen LogP contribution in [0.25, 0.3) is 0 Å². The summed E-state index contributed by atoms with van der Waals surface area (Å²) < 4.78 is 0. The van der Waals surface area contributed by atoms with Gasteiger partial charge in [-0.25, -0.2) is 0 Å². The van der Waals surface area contributed by atoms with E-state index in [1.54, 1.807) is 0 Å². The molecule has 2 rings (SSSR count). The number of aliphatic hydroxyl groups excluding tert-OH is 1. The van der Waals surface area contributed by atoms with Crippen molar-refractivity contribution in [3.63, 3.8) is 0 Å². The SMILES string of the molecule is CCNC(CO)(CN1CCCCCCC1)C1CC1. The van der Waals surface area contributed by atoms with Crippen LogP contribution in [0.15, 0.2) is 0 Å². The Morgan fingerprint density at radius 2 is 1.72 bits per heavy atom. The third-order valence-corrected chi connectivity index (χ3v) is 4.62. The molecule has 1 aliphatic carbocycles. The first-order chi connectivity index (χ1) is 8.80. The first-order valence-corrected chi connectivity index (χ1v) is 7.89. The summed E-state index contributed by atoms with van der Waals surface area (Å²) in [5, 5.41) is 13.5. The fraction of sp³-hybridized carbons (Fsp3) is 1.00. The van der Waals surface area contributed by atoms with Crippen LogP contribution in [-0.2, 0) is 0 Å². The van der Waals surface area contributed by atoms with Crippen LogP contribution in [0.3, 0.4) is 0 Å². The Labute approximate surface area is 112 Å². The zero-order chi connectivity index (χ0) is 12.8. The highest BCUT2D eigenvalue weighted by Gasteiger charge is 2.45. The number of hydrogen-bond acceptors (Lipinski definition) is 3. The molecule has 106 valence electrons. The van der Waals surface area contributed by atoms with Gasteiger partial charge in [0.05, 0.1) is 12.1 Å². The molecule has 0 aromatic heterocycles. The van der Waals surface area contributed by atoms with Crippen molar-refractivity contribution in [3.8, 4) is 0 Å². The molecule has 3 nitrogen and oxygen atoms in total. The van der Waals surface area contributed by atoms with Crippen molar-refractivity contribution in [3.05, 3.63) is 0 Å². The molecule has 0 aromatic rings. The smallest absolute Gasteiger partial charge is 0.0628 e. The van der Waals surface area contributed by atoms with Crippen molar-refractivity contribution < 1.29 is 5.11 Å². The van der Waals surface area contributed by atoms with E-state index in [-0.39, 0.29) is 5.54 Å². The molecule has 0 bridgehead atoms. The van der Waals surface area contributed by atoms with Crippen molar-refractivity contribution in [2.45, 2.75) is 57.4 Å². The molecule has 0 spiro atoms. The van der Waals surface area contributed by atoms with Crippen molar-refractivity contribution >= 4 is 0 Å². The first kappa shape index (κ1) is 14.3. The second-order valence-corrected chi connectivity index (χ2v) is 6.16. The van der Waals surface area contributed by atoms with Crippen molar-refractivity contribution in [1.82, 2.24) is 10.2 Å². The highest BCUT2D eigenvalue weighted by molar-refractivity contribution is 5.02. The molecule has 2 aliphatic rings. The van der Waals surface area contributed by atoms with E-state index in [9.17, 15) is 5.11 Å². The molecule has 2 fully saturated rings. The normalized spacial score (nSPS) is 26.3. The van der Waals surface area contributed by atoms with Gasteiger partial charge in [-0.3, -0.25) is 0 Å². The van der Waals surface area contributed by atoms with Crippen LogP contribution in [0.2, 0.25) is 0 Å². The molecular formula is C15H30N2O. The molecule has 1 heterocycles. The summed E-state index contributed by atoms with van der Waals surface area (Å²) in [7, 11) is 0. The number of nitrogens with zero attached hydrogens (tertiary/aromatic N) is 1. The largest absolute Gasteiger partial charge is 0.394 e. The first-order valence-electron chi connectivity index (χ1n) is 7.89. The van der Waals surface area contributed by atoms with Gasteiger partial charge in [0.2, 0.25) is 0 Å². The third kappa shape index (κ3) is 3.69. The zero-order valence-corrected chi connectivity index (χ0v) is 12.0. The van der Waals surface area contributed by atoms with Gasteiger partial charge in [-0.2, -0.15) is 0 Å². The van der Waals surface area contributed by atoms with Gasteiger partial charge in [-0.1, -0.05) is 26.2 Å². The Balaban J connectivity index is 1.93. The lowest BCUT2D eigenvalue weighted by molar-refractivity contribution is 0.0878.